The normalized spacial score (nSPS) is 27.9. The van der Waals surface area contributed by atoms with Gasteiger partial charge in [-0.25, -0.2) is 4.79 Å². The van der Waals surface area contributed by atoms with Gasteiger partial charge >= 0.3 is 6.03 Å². The van der Waals surface area contributed by atoms with E-state index in [1.807, 2.05) is 35.2 Å². The molecule has 2 aliphatic heterocycles. The molecule has 0 radical (unpaired) electrons. The summed E-state index contributed by atoms with van der Waals surface area (Å²) in [6, 6.07) is 10.4. The summed E-state index contributed by atoms with van der Waals surface area (Å²) in [4.78, 5) is 14.4. The van der Waals surface area contributed by atoms with Crippen molar-refractivity contribution < 1.29 is 14.6 Å². The van der Waals surface area contributed by atoms with Crippen LogP contribution in [0.15, 0.2) is 30.3 Å². The number of fused-ring (bicyclic) bond motifs is 2. The molecule has 5 heteroatoms. The van der Waals surface area contributed by atoms with Crippen molar-refractivity contribution in [1.29, 1.82) is 0 Å². The van der Waals surface area contributed by atoms with Gasteiger partial charge in [-0.3, -0.25) is 0 Å². The Hall–Kier alpha value is -1.59. The Morgan fingerprint density at radius 1 is 1.41 bits per heavy atom. The molecule has 120 valence electrons. The highest BCUT2D eigenvalue weighted by atomic mass is 16.5. The summed E-state index contributed by atoms with van der Waals surface area (Å²) >= 11 is 0. The first kappa shape index (κ1) is 15.3. The highest BCUT2D eigenvalue weighted by Crippen LogP contribution is 2.41. The first-order valence-corrected chi connectivity index (χ1v) is 7.99. The largest absolute Gasteiger partial charge is 0.396 e. The molecule has 0 saturated carbocycles. The number of benzene rings is 1. The maximum Gasteiger partial charge on any atom is 0.318 e. The van der Waals surface area contributed by atoms with Crippen molar-refractivity contribution in [1.82, 2.24) is 10.2 Å². The molecule has 0 spiro atoms. The fourth-order valence-electron chi connectivity index (χ4n) is 3.90. The van der Waals surface area contributed by atoms with Crippen LogP contribution in [0.4, 0.5) is 4.79 Å². The third-order valence-electron chi connectivity index (χ3n) is 5.03. The van der Waals surface area contributed by atoms with Gasteiger partial charge in [0.25, 0.3) is 0 Å². The standard InChI is InChI=1S/C17H24N2O3/c1-22-16(12-5-3-2-4-6-12)10-18-17(21)19-14-7-8-15(19)13(9-14)11-20/h2-6,13-16,20H,7-11H2,1H3,(H,18,21). The van der Waals surface area contributed by atoms with Crippen molar-refractivity contribution in [3.05, 3.63) is 35.9 Å². The summed E-state index contributed by atoms with van der Waals surface area (Å²) in [5.41, 5.74) is 1.06. The number of hydrogen-bond donors (Lipinski definition) is 2. The SMILES string of the molecule is COC(CNC(=O)N1C2CCC1C(CO)C2)c1ccccc1. The molecule has 2 saturated heterocycles. The van der Waals surface area contributed by atoms with Gasteiger partial charge in [0.15, 0.2) is 0 Å². The van der Waals surface area contributed by atoms with Gasteiger partial charge in [-0.2, -0.15) is 0 Å². The van der Waals surface area contributed by atoms with Crippen molar-refractivity contribution in [2.24, 2.45) is 5.92 Å². The zero-order valence-electron chi connectivity index (χ0n) is 12.9. The van der Waals surface area contributed by atoms with Crippen LogP contribution in [0.1, 0.15) is 30.9 Å². The van der Waals surface area contributed by atoms with Gasteiger partial charge in [0, 0.05) is 38.3 Å². The summed E-state index contributed by atoms with van der Waals surface area (Å²) in [6.07, 6.45) is 2.86. The zero-order valence-corrected chi connectivity index (χ0v) is 12.9. The quantitative estimate of drug-likeness (QED) is 0.874. The summed E-state index contributed by atoms with van der Waals surface area (Å²) in [5, 5.41) is 12.4. The van der Waals surface area contributed by atoms with Crippen molar-refractivity contribution in [2.75, 3.05) is 20.3 Å². The van der Waals surface area contributed by atoms with Crippen LogP contribution >= 0.6 is 0 Å². The number of urea groups is 1. The van der Waals surface area contributed by atoms with Gasteiger partial charge in [-0.15, -0.1) is 0 Å². The van der Waals surface area contributed by atoms with E-state index in [-0.39, 0.29) is 30.7 Å². The van der Waals surface area contributed by atoms with Gasteiger partial charge < -0.3 is 20.1 Å². The van der Waals surface area contributed by atoms with Crippen LogP contribution in [-0.4, -0.2) is 48.4 Å². The van der Waals surface area contributed by atoms with Gasteiger partial charge in [0.2, 0.25) is 0 Å². The Balaban J connectivity index is 1.58. The lowest BCUT2D eigenvalue weighted by atomic mass is 9.90. The van der Waals surface area contributed by atoms with E-state index < -0.39 is 0 Å². The van der Waals surface area contributed by atoms with Gasteiger partial charge in [0.05, 0.1) is 6.10 Å². The monoisotopic (exact) mass is 304 g/mol. The molecule has 2 aliphatic rings. The van der Waals surface area contributed by atoms with Crippen molar-refractivity contribution >= 4 is 6.03 Å². The molecule has 22 heavy (non-hydrogen) atoms. The number of aliphatic hydroxyl groups excluding tert-OH is 1. The molecule has 2 bridgehead atoms. The van der Waals surface area contributed by atoms with Crippen LogP contribution in [0, 0.1) is 5.92 Å². The number of amides is 2. The number of carbonyl (C=O) groups is 1. The van der Waals surface area contributed by atoms with Crippen LogP contribution in [-0.2, 0) is 4.74 Å². The van der Waals surface area contributed by atoms with E-state index in [0.29, 0.717) is 12.6 Å². The summed E-state index contributed by atoms with van der Waals surface area (Å²) < 4.78 is 5.49. The van der Waals surface area contributed by atoms with Crippen LogP contribution in [0.2, 0.25) is 0 Å². The molecule has 2 N–H and O–H groups in total. The van der Waals surface area contributed by atoms with E-state index in [1.54, 1.807) is 7.11 Å². The molecule has 1 aromatic carbocycles. The van der Waals surface area contributed by atoms with E-state index in [9.17, 15) is 9.90 Å². The fourth-order valence-corrected chi connectivity index (χ4v) is 3.90. The Morgan fingerprint density at radius 2 is 2.18 bits per heavy atom. The molecule has 5 nitrogen and oxygen atoms in total. The lowest BCUT2D eigenvalue weighted by Crippen LogP contribution is -2.45. The molecular formula is C17H24N2O3. The zero-order chi connectivity index (χ0) is 15.5. The number of nitrogens with one attached hydrogen (secondary N) is 1. The number of rotatable bonds is 5. The number of methoxy groups -OCH3 is 1. The van der Waals surface area contributed by atoms with E-state index in [0.717, 1.165) is 24.8 Å². The smallest absolute Gasteiger partial charge is 0.318 e. The molecule has 3 rings (SSSR count). The first-order valence-electron chi connectivity index (χ1n) is 7.99. The Kier molecular flexibility index (Phi) is 4.64. The molecule has 4 unspecified atom stereocenters. The molecule has 0 aliphatic carbocycles. The Morgan fingerprint density at radius 3 is 2.82 bits per heavy atom. The minimum absolute atomic E-state index is 0.0265. The van der Waals surface area contributed by atoms with Gasteiger partial charge in [0.1, 0.15) is 0 Å². The maximum atomic E-state index is 12.5. The fraction of sp³-hybridized carbons (Fsp3) is 0.588. The van der Waals surface area contributed by atoms with E-state index in [1.165, 1.54) is 0 Å². The minimum Gasteiger partial charge on any atom is -0.396 e. The molecular weight excluding hydrogens is 280 g/mol. The van der Waals surface area contributed by atoms with Crippen LogP contribution < -0.4 is 5.32 Å². The number of carbonyl (C=O) groups excluding carboxylic acids is 1. The average molecular weight is 304 g/mol. The molecule has 2 heterocycles. The molecule has 2 fully saturated rings. The predicted octanol–water partition coefficient (Wildman–Crippen LogP) is 1.93. The van der Waals surface area contributed by atoms with E-state index in [2.05, 4.69) is 5.32 Å². The number of ether oxygens (including phenoxy) is 1. The van der Waals surface area contributed by atoms with E-state index in [4.69, 9.17) is 4.74 Å². The Labute approximate surface area is 131 Å². The van der Waals surface area contributed by atoms with Crippen molar-refractivity contribution in [3.8, 4) is 0 Å². The topological polar surface area (TPSA) is 61.8 Å². The lowest BCUT2D eigenvalue weighted by Gasteiger charge is -2.25. The number of aliphatic hydroxyl groups is 1. The van der Waals surface area contributed by atoms with Gasteiger partial charge in [-0.05, 0) is 24.8 Å². The highest BCUT2D eigenvalue weighted by Gasteiger charge is 2.48. The summed E-state index contributed by atoms with van der Waals surface area (Å²) in [5.74, 6) is 0.247. The molecule has 4 atom stereocenters. The summed E-state index contributed by atoms with van der Waals surface area (Å²) in [7, 11) is 1.66. The van der Waals surface area contributed by atoms with Crippen LogP contribution in [0.25, 0.3) is 0 Å². The maximum absolute atomic E-state index is 12.5. The first-order chi connectivity index (χ1) is 10.7. The Bertz CT molecular complexity index is 508. The number of hydrogen-bond acceptors (Lipinski definition) is 3. The summed E-state index contributed by atoms with van der Waals surface area (Å²) in [6.45, 7) is 0.634. The molecule has 1 aromatic rings. The third kappa shape index (κ3) is 2.83. The minimum atomic E-state index is -0.140. The van der Waals surface area contributed by atoms with Crippen LogP contribution in [0.3, 0.4) is 0 Å². The molecule has 2 amide bonds. The van der Waals surface area contributed by atoms with Crippen molar-refractivity contribution in [2.45, 2.75) is 37.5 Å². The van der Waals surface area contributed by atoms with Crippen molar-refractivity contribution in [3.63, 3.8) is 0 Å². The number of nitrogens with zero attached hydrogens (tertiary/aromatic N) is 1. The lowest BCUT2D eigenvalue weighted by molar-refractivity contribution is 0.100. The second-order valence-electron chi connectivity index (χ2n) is 6.21. The highest BCUT2D eigenvalue weighted by molar-refractivity contribution is 5.75. The molecule has 0 aromatic heterocycles. The van der Waals surface area contributed by atoms with Gasteiger partial charge in [-0.1, -0.05) is 30.3 Å². The predicted molar refractivity (Wildman–Crippen MR) is 83.4 cm³/mol. The third-order valence-corrected chi connectivity index (χ3v) is 5.03. The average Bonchev–Trinajstić information content (AvgIpc) is 3.14. The van der Waals surface area contributed by atoms with E-state index >= 15 is 0 Å². The second-order valence-corrected chi connectivity index (χ2v) is 6.21. The van der Waals surface area contributed by atoms with Crippen LogP contribution in [0.5, 0.6) is 0 Å². The second kappa shape index (κ2) is 6.67.